The van der Waals surface area contributed by atoms with Gasteiger partial charge < -0.3 is 15.5 Å². The lowest BCUT2D eigenvalue weighted by molar-refractivity contribution is 0.197. The largest absolute Gasteiger partial charge is 0.508 e. The number of rotatable bonds is 1. The second kappa shape index (κ2) is 6.77. The van der Waals surface area contributed by atoms with Crippen molar-refractivity contribution in [1.82, 2.24) is 5.32 Å². The molecular weight excluding hydrogens is 182 g/mol. The minimum absolute atomic E-state index is 0.403. The number of aryl methyl sites for hydroxylation is 1. The van der Waals surface area contributed by atoms with E-state index in [0.717, 1.165) is 12.0 Å². The molecule has 78 valence electrons. The van der Waals surface area contributed by atoms with Crippen LogP contribution in [-0.4, -0.2) is 23.4 Å². The number of phenols is 1. The van der Waals surface area contributed by atoms with Gasteiger partial charge in [-0.05, 0) is 18.1 Å². The van der Waals surface area contributed by atoms with Crippen LogP contribution in [0.25, 0.3) is 0 Å². The van der Waals surface area contributed by atoms with Gasteiger partial charge in [-0.3, -0.25) is 0 Å². The van der Waals surface area contributed by atoms with E-state index in [2.05, 4.69) is 0 Å². The molecule has 0 aliphatic heterocycles. The second-order valence-electron chi connectivity index (χ2n) is 2.54. The Bertz CT molecular complexity index is 286. The molecule has 0 aromatic heterocycles. The highest BCUT2D eigenvalue weighted by atomic mass is 16.4. The standard InChI is InChI=1S/C8H10O.C2H5NO2/c1-2-7-5-3-4-6-8(7)9;1-3-2(4)5/h3-6,9H,2H2,1H3;3H,1H3,(H,4,5). The normalized spacial score (nSPS) is 8.43. The van der Waals surface area contributed by atoms with E-state index in [1.807, 2.05) is 30.4 Å². The lowest BCUT2D eigenvalue weighted by Crippen LogP contribution is -2.13. The molecule has 1 amide bonds. The Labute approximate surface area is 83.2 Å². The van der Waals surface area contributed by atoms with Gasteiger partial charge in [-0.25, -0.2) is 4.79 Å². The first-order chi connectivity index (χ1) is 6.61. The fourth-order valence-electron chi connectivity index (χ4n) is 0.810. The zero-order chi connectivity index (χ0) is 11.0. The van der Waals surface area contributed by atoms with E-state index in [0.29, 0.717) is 5.75 Å². The minimum atomic E-state index is -0.995. The Hall–Kier alpha value is -1.71. The van der Waals surface area contributed by atoms with Gasteiger partial charge >= 0.3 is 6.09 Å². The monoisotopic (exact) mass is 197 g/mol. The van der Waals surface area contributed by atoms with Crippen LogP contribution in [0.1, 0.15) is 12.5 Å². The van der Waals surface area contributed by atoms with Gasteiger partial charge in [-0.1, -0.05) is 25.1 Å². The third-order valence-corrected chi connectivity index (χ3v) is 1.59. The van der Waals surface area contributed by atoms with E-state index in [4.69, 9.17) is 10.2 Å². The van der Waals surface area contributed by atoms with Gasteiger partial charge in [0.25, 0.3) is 0 Å². The van der Waals surface area contributed by atoms with Crippen LogP contribution in [0.3, 0.4) is 0 Å². The van der Waals surface area contributed by atoms with Crippen molar-refractivity contribution in [3.05, 3.63) is 29.8 Å². The van der Waals surface area contributed by atoms with Gasteiger partial charge in [0.15, 0.2) is 0 Å². The lowest BCUT2D eigenvalue weighted by atomic mass is 10.1. The maximum atomic E-state index is 9.26. The van der Waals surface area contributed by atoms with E-state index in [-0.39, 0.29) is 0 Å². The molecule has 0 fully saturated rings. The van der Waals surface area contributed by atoms with Crippen LogP contribution in [0.15, 0.2) is 24.3 Å². The predicted molar refractivity (Wildman–Crippen MR) is 54.6 cm³/mol. The number of carboxylic acid groups (broad SMARTS) is 1. The molecule has 3 N–H and O–H groups in total. The molecule has 0 spiro atoms. The van der Waals surface area contributed by atoms with Gasteiger partial charge in [0.05, 0.1) is 0 Å². The highest BCUT2D eigenvalue weighted by molar-refractivity contribution is 5.63. The van der Waals surface area contributed by atoms with Crippen LogP contribution >= 0.6 is 0 Å². The number of aromatic hydroxyl groups is 1. The van der Waals surface area contributed by atoms with E-state index in [1.54, 1.807) is 6.07 Å². The summed E-state index contributed by atoms with van der Waals surface area (Å²) in [6, 6.07) is 7.39. The summed E-state index contributed by atoms with van der Waals surface area (Å²) in [5, 5.41) is 18.7. The second-order valence-corrected chi connectivity index (χ2v) is 2.54. The predicted octanol–water partition coefficient (Wildman–Crippen LogP) is 1.84. The molecule has 0 unspecified atom stereocenters. The van der Waals surface area contributed by atoms with Gasteiger partial charge in [-0.2, -0.15) is 0 Å². The summed E-state index contributed by atoms with van der Waals surface area (Å²) in [6.07, 6.45) is -0.0999. The van der Waals surface area contributed by atoms with E-state index < -0.39 is 6.09 Å². The number of hydrogen-bond acceptors (Lipinski definition) is 2. The number of para-hydroxylation sites is 1. The quantitative estimate of drug-likeness (QED) is 0.643. The van der Waals surface area contributed by atoms with Crippen LogP contribution in [-0.2, 0) is 6.42 Å². The van der Waals surface area contributed by atoms with Crippen molar-refractivity contribution in [2.75, 3.05) is 7.05 Å². The molecule has 0 bridgehead atoms. The molecule has 1 aromatic rings. The molecule has 0 radical (unpaired) electrons. The number of phenolic OH excluding ortho intramolecular Hbond substituents is 1. The van der Waals surface area contributed by atoms with Crippen LogP contribution in [0.2, 0.25) is 0 Å². The van der Waals surface area contributed by atoms with Crippen molar-refractivity contribution in [3.63, 3.8) is 0 Å². The first-order valence-electron chi connectivity index (χ1n) is 4.29. The topological polar surface area (TPSA) is 69.6 Å². The van der Waals surface area contributed by atoms with Crippen molar-refractivity contribution in [2.24, 2.45) is 0 Å². The van der Waals surface area contributed by atoms with E-state index in [9.17, 15) is 4.79 Å². The average molecular weight is 197 g/mol. The van der Waals surface area contributed by atoms with Gasteiger partial charge in [-0.15, -0.1) is 0 Å². The SMILES string of the molecule is CCc1ccccc1O.CNC(=O)O. The minimum Gasteiger partial charge on any atom is -0.508 e. The maximum absolute atomic E-state index is 9.26. The third kappa shape index (κ3) is 5.03. The molecule has 0 heterocycles. The van der Waals surface area contributed by atoms with Crippen LogP contribution in [0.4, 0.5) is 4.79 Å². The van der Waals surface area contributed by atoms with Crippen molar-refractivity contribution < 1.29 is 15.0 Å². The molecule has 4 nitrogen and oxygen atoms in total. The highest BCUT2D eigenvalue weighted by Crippen LogP contribution is 2.14. The molecule has 0 aliphatic carbocycles. The van der Waals surface area contributed by atoms with Crippen molar-refractivity contribution in [2.45, 2.75) is 13.3 Å². The average Bonchev–Trinajstić information content (AvgIpc) is 2.19. The maximum Gasteiger partial charge on any atom is 0.404 e. The first kappa shape index (κ1) is 12.3. The number of hydrogen-bond donors (Lipinski definition) is 3. The summed E-state index contributed by atoms with van der Waals surface area (Å²) in [5.74, 6) is 0.403. The molecule has 14 heavy (non-hydrogen) atoms. The van der Waals surface area contributed by atoms with E-state index in [1.165, 1.54) is 7.05 Å². The van der Waals surface area contributed by atoms with Gasteiger partial charge in [0.2, 0.25) is 0 Å². The van der Waals surface area contributed by atoms with Gasteiger partial charge in [0.1, 0.15) is 5.75 Å². The number of nitrogens with one attached hydrogen (secondary N) is 1. The molecule has 0 atom stereocenters. The molecule has 0 saturated heterocycles. The molecule has 0 saturated carbocycles. The number of amides is 1. The third-order valence-electron chi connectivity index (χ3n) is 1.59. The van der Waals surface area contributed by atoms with Crippen molar-refractivity contribution in [1.29, 1.82) is 0 Å². The Morgan fingerprint density at radius 3 is 2.21 bits per heavy atom. The zero-order valence-corrected chi connectivity index (χ0v) is 8.32. The smallest absolute Gasteiger partial charge is 0.404 e. The number of carbonyl (C=O) groups is 1. The zero-order valence-electron chi connectivity index (χ0n) is 8.32. The lowest BCUT2D eigenvalue weighted by Gasteiger charge is -1.97. The Balaban J connectivity index is 0.000000292. The van der Waals surface area contributed by atoms with E-state index >= 15 is 0 Å². The summed E-state index contributed by atoms with van der Waals surface area (Å²) < 4.78 is 0. The van der Waals surface area contributed by atoms with Crippen LogP contribution < -0.4 is 5.32 Å². The van der Waals surface area contributed by atoms with Crippen molar-refractivity contribution >= 4 is 6.09 Å². The Kier molecular flexibility index (Phi) is 5.94. The molecule has 0 aliphatic rings. The summed E-state index contributed by atoms with van der Waals surface area (Å²) in [5.41, 5.74) is 1.01. The number of benzene rings is 1. The summed E-state index contributed by atoms with van der Waals surface area (Å²) >= 11 is 0. The molecule has 1 aromatic carbocycles. The molecule has 4 heteroatoms. The van der Waals surface area contributed by atoms with Crippen LogP contribution in [0.5, 0.6) is 5.75 Å². The summed E-state index contributed by atoms with van der Waals surface area (Å²) in [7, 11) is 1.35. The Morgan fingerprint density at radius 2 is 1.93 bits per heavy atom. The molecule has 1 rings (SSSR count). The fraction of sp³-hybridized carbons (Fsp3) is 0.300. The fourth-order valence-corrected chi connectivity index (χ4v) is 0.810. The van der Waals surface area contributed by atoms with Crippen molar-refractivity contribution in [3.8, 4) is 5.75 Å². The molecular formula is C10H15NO3. The van der Waals surface area contributed by atoms with Crippen LogP contribution in [0, 0.1) is 0 Å². The van der Waals surface area contributed by atoms with Gasteiger partial charge in [0, 0.05) is 7.05 Å². The summed E-state index contributed by atoms with van der Waals surface area (Å²) in [4.78, 5) is 9.26. The highest BCUT2D eigenvalue weighted by Gasteiger charge is 1.92. The first-order valence-corrected chi connectivity index (χ1v) is 4.29. The summed E-state index contributed by atoms with van der Waals surface area (Å²) in [6.45, 7) is 2.02. The Morgan fingerprint density at radius 1 is 1.43 bits per heavy atom.